The summed E-state index contributed by atoms with van der Waals surface area (Å²) in [6, 6.07) is 15.2. The number of likely N-dealkylation sites (tertiary alicyclic amines) is 1. The van der Waals surface area contributed by atoms with Crippen LogP contribution in [0.2, 0.25) is 0 Å². The van der Waals surface area contributed by atoms with E-state index in [0.29, 0.717) is 26.1 Å². The van der Waals surface area contributed by atoms with Crippen LogP contribution in [0.25, 0.3) is 0 Å². The van der Waals surface area contributed by atoms with Crippen molar-refractivity contribution in [1.82, 2.24) is 9.80 Å². The average Bonchev–Trinajstić information content (AvgIpc) is 2.83. The first-order valence-corrected chi connectivity index (χ1v) is 11.4. The van der Waals surface area contributed by atoms with Crippen molar-refractivity contribution in [2.45, 2.75) is 31.0 Å². The Hall–Kier alpha value is -2.58. The van der Waals surface area contributed by atoms with Gasteiger partial charge >= 0.3 is 6.18 Å². The van der Waals surface area contributed by atoms with Crippen molar-refractivity contribution in [2.75, 3.05) is 50.7 Å². The van der Waals surface area contributed by atoms with Crippen LogP contribution >= 0.6 is 0 Å². The monoisotopic (exact) mass is 461 g/mol. The Morgan fingerprint density at radius 2 is 1.58 bits per heavy atom. The van der Waals surface area contributed by atoms with Crippen LogP contribution in [-0.2, 0) is 16.6 Å². The first kappa shape index (κ1) is 23.6. The van der Waals surface area contributed by atoms with Gasteiger partial charge in [-0.2, -0.15) is 13.2 Å². The molecule has 33 heavy (non-hydrogen) atoms. The molecule has 0 bridgehead atoms. The molecule has 0 spiro atoms. The molecule has 178 valence electrons. The summed E-state index contributed by atoms with van der Waals surface area (Å²) in [6.07, 6.45) is -3.57. The van der Waals surface area contributed by atoms with E-state index in [9.17, 15) is 23.1 Å². The van der Waals surface area contributed by atoms with Crippen LogP contribution in [0.3, 0.4) is 0 Å². The van der Waals surface area contributed by atoms with E-state index in [4.69, 9.17) is 0 Å². The van der Waals surface area contributed by atoms with Gasteiger partial charge in [-0.15, -0.1) is 0 Å². The minimum absolute atomic E-state index is 0.0339. The largest absolute Gasteiger partial charge is 0.416 e. The van der Waals surface area contributed by atoms with Crippen molar-refractivity contribution in [3.63, 3.8) is 0 Å². The van der Waals surface area contributed by atoms with Gasteiger partial charge in [-0.1, -0.05) is 30.3 Å². The molecule has 2 aliphatic heterocycles. The second-order valence-electron chi connectivity index (χ2n) is 8.91. The number of hydrogen-bond acceptors (Lipinski definition) is 4. The highest BCUT2D eigenvalue weighted by Gasteiger charge is 2.38. The summed E-state index contributed by atoms with van der Waals surface area (Å²) in [5, 5.41) is 11.0. The molecular formula is C25H30F3N3O2. The van der Waals surface area contributed by atoms with Gasteiger partial charge in [0.1, 0.15) is 0 Å². The van der Waals surface area contributed by atoms with E-state index >= 15 is 0 Å². The van der Waals surface area contributed by atoms with Gasteiger partial charge < -0.3 is 14.9 Å². The van der Waals surface area contributed by atoms with E-state index in [-0.39, 0.29) is 24.3 Å². The fourth-order valence-electron chi connectivity index (χ4n) is 4.68. The number of rotatable bonds is 5. The molecule has 2 fully saturated rings. The molecule has 5 nitrogen and oxygen atoms in total. The molecule has 1 amide bonds. The van der Waals surface area contributed by atoms with Gasteiger partial charge in [0, 0.05) is 57.9 Å². The van der Waals surface area contributed by atoms with Crippen LogP contribution in [0.1, 0.15) is 30.4 Å². The lowest BCUT2D eigenvalue weighted by atomic mass is 9.83. The Morgan fingerprint density at radius 1 is 0.909 bits per heavy atom. The van der Waals surface area contributed by atoms with Crippen molar-refractivity contribution >= 4 is 11.6 Å². The zero-order valence-corrected chi connectivity index (χ0v) is 18.6. The summed E-state index contributed by atoms with van der Waals surface area (Å²) in [5.74, 6) is 0.0339. The molecule has 2 saturated heterocycles. The number of amides is 1. The third-order valence-electron chi connectivity index (χ3n) is 6.81. The predicted molar refractivity (Wildman–Crippen MR) is 121 cm³/mol. The number of halogens is 3. The van der Waals surface area contributed by atoms with E-state index in [1.807, 2.05) is 18.2 Å². The minimum Gasteiger partial charge on any atom is -0.385 e. The first-order valence-electron chi connectivity index (χ1n) is 11.4. The van der Waals surface area contributed by atoms with E-state index in [1.165, 1.54) is 17.8 Å². The lowest BCUT2D eigenvalue weighted by Gasteiger charge is -2.39. The van der Waals surface area contributed by atoms with Gasteiger partial charge in [-0.25, -0.2) is 0 Å². The summed E-state index contributed by atoms with van der Waals surface area (Å²) in [6.45, 7) is 5.02. The lowest BCUT2D eigenvalue weighted by Crippen LogP contribution is -2.48. The Bertz CT molecular complexity index is 935. The van der Waals surface area contributed by atoms with Gasteiger partial charge in [0.15, 0.2) is 0 Å². The fraction of sp³-hybridized carbons (Fsp3) is 0.480. The molecule has 0 unspecified atom stereocenters. The first-order chi connectivity index (χ1) is 15.7. The van der Waals surface area contributed by atoms with Gasteiger partial charge in [0.25, 0.3) is 0 Å². The topological polar surface area (TPSA) is 47.0 Å². The summed E-state index contributed by atoms with van der Waals surface area (Å²) in [5.41, 5.74) is -0.624. The van der Waals surface area contributed by atoms with Gasteiger partial charge in [0.2, 0.25) is 5.91 Å². The molecule has 2 aliphatic rings. The van der Waals surface area contributed by atoms with E-state index in [0.717, 1.165) is 38.3 Å². The number of alkyl halides is 3. The number of carbonyl (C=O) groups is 1. The van der Waals surface area contributed by atoms with Crippen LogP contribution in [0.5, 0.6) is 0 Å². The van der Waals surface area contributed by atoms with Crippen LogP contribution in [0.15, 0.2) is 54.6 Å². The SMILES string of the molecule is O=C(CCN1CCN(c2ccccc2)CC1)N1CCC(O)(c2cccc(C(F)(F)F)c2)CC1. The number of aliphatic hydroxyl groups is 1. The van der Waals surface area contributed by atoms with E-state index in [1.54, 1.807) is 4.90 Å². The van der Waals surface area contributed by atoms with Crippen LogP contribution in [0.4, 0.5) is 18.9 Å². The zero-order chi connectivity index (χ0) is 23.5. The lowest BCUT2D eigenvalue weighted by molar-refractivity contribution is -0.137. The summed E-state index contributed by atoms with van der Waals surface area (Å²) in [4.78, 5) is 19.1. The normalized spacial score (nSPS) is 19.5. The highest BCUT2D eigenvalue weighted by Crippen LogP contribution is 2.36. The summed E-state index contributed by atoms with van der Waals surface area (Å²) >= 11 is 0. The minimum atomic E-state index is -4.45. The summed E-state index contributed by atoms with van der Waals surface area (Å²) < 4.78 is 39.1. The molecule has 2 aromatic rings. The predicted octanol–water partition coefficient (Wildman–Crippen LogP) is 3.73. The maximum absolute atomic E-state index is 13.0. The Balaban J connectivity index is 1.24. The molecule has 8 heteroatoms. The number of piperidine rings is 1. The van der Waals surface area contributed by atoms with Crippen molar-refractivity contribution in [3.05, 3.63) is 65.7 Å². The molecule has 2 aromatic carbocycles. The Labute approximate surface area is 192 Å². The van der Waals surface area contributed by atoms with Crippen molar-refractivity contribution in [3.8, 4) is 0 Å². The second kappa shape index (κ2) is 9.73. The molecule has 0 radical (unpaired) electrons. The number of hydrogen-bond donors (Lipinski definition) is 1. The number of nitrogens with zero attached hydrogens (tertiary/aromatic N) is 3. The highest BCUT2D eigenvalue weighted by atomic mass is 19.4. The maximum atomic E-state index is 13.0. The number of para-hydroxylation sites is 1. The third-order valence-corrected chi connectivity index (χ3v) is 6.81. The summed E-state index contributed by atoms with van der Waals surface area (Å²) in [7, 11) is 0. The van der Waals surface area contributed by atoms with Gasteiger partial charge in [-0.05, 0) is 42.7 Å². The standard InChI is InChI=1S/C25H30F3N3O2/c26-25(27,28)21-6-4-5-20(19-21)24(33)10-13-31(14-11-24)23(32)9-12-29-15-17-30(18-16-29)22-7-2-1-3-8-22/h1-8,19,33H,9-18H2. The third kappa shape index (κ3) is 5.68. The highest BCUT2D eigenvalue weighted by molar-refractivity contribution is 5.76. The molecule has 2 heterocycles. The van der Waals surface area contributed by atoms with Gasteiger partial charge in [-0.3, -0.25) is 9.69 Å². The Morgan fingerprint density at radius 3 is 2.21 bits per heavy atom. The van der Waals surface area contributed by atoms with Gasteiger partial charge in [0.05, 0.1) is 11.2 Å². The molecule has 0 saturated carbocycles. The molecule has 1 N–H and O–H groups in total. The van der Waals surface area contributed by atoms with Crippen LogP contribution in [-0.4, -0.2) is 66.6 Å². The quantitative estimate of drug-likeness (QED) is 0.737. The zero-order valence-electron chi connectivity index (χ0n) is 18.6. The maximum Gasteiger partial charge on any atom is 0.416 e. The van der Waals surface area contributed by atoms with Crippen LogP contribution in [0, 0.1) is 0 Å². The van der Waals surface area contributed by atoms with Crippen molar-refractivity contribution < 1.29 is 23.1 Å². The number of carbonyl (C=O) groups excluding carboxylic acids is 1. The van der Waals surface area contributed by atoms with E-state index < -0.39 is 17.3 Å². The molecule has 0 aromatic heterocycles. The molecule has 0 aliphatic carbocycles. The van der Waals surface area contributed by atoms with Crippen LogP contribution < -0.4 is 4.90 Å². The molecule has 0 atom stereocenters. The average molecular weight is 462 g/mol. The van der Waals surface area contributed by atoms with Crippen molar-refractivity contribution in [1.29, 1.82) is 0 Å². The smallest absolute Gasteiger partial charge is 0.385 e. The van der Waals surface area contributed by atoms with E-state index in [2.05, 4.69) is 21.9 Å². The molecular weight excluding hydrogens is 431 g/mol. The number of anilines is 1. The Kier molecular flexibility index (Phi) is 6.95. The number of benzene rings is 2. The number of piperazine rings is 1. The second-order valence-corrected chi connectivity index (χ2v) is 8.91. The van der Waals surface area contributed by atoms with Crippen molar-refractivity contribution in [2.24, 2.45) is 0 Å². The fourth-order valence-corrected chi connectivity index (χ4v) is 4.68. The molecule has 4 rings (SSSR count).